The maximum Gasteiger partial charge on any atom is 0.306 e. The summed E-state index contributed by atoms with van der Waals surface area (Å²) < 4.78 is 16.9. The summed E-state index contributed by atoms with van der Waals surface area (Å²) in [6.45, 7) is 6.63. The lowest BCUT2D eigenvalue weighted by Crippen LogP contribution is -2.30. The van der Waals surface area contributed by atoms with Crippen LogP contribution in [0.1, 0.15) is 316 Å². The first kappa shape index (κ1) is 66.4. The first-order valence-corrected chi connectivity index (χ1v) is 30.1. The number of esters is 3. The van der Waals surface area contributed by atoms with E-state index in [2.05, 4.69) is 69.4 Å². The minimum atomic E-state index is -0.780. The van der Waals surface area contributed by atoms with Gasteiger partial charge in [-0.25, -0.2) is 0 Å². The Morgan fingerprint density at radius 2 is 0.522 bits per heavy atom. The molecule has 0 N–H and O–H groups in total. The van der Waals surface area contributed by atoms with Gasteiger partial charge in [0.2, 0.25) is 0 Å². The van der Waals surface area contributed by atoms with Crippen LogP contribution in [0.25, 0.3) is 0 Å². The minimum Gasteiger partial charge on any atom is -0.462 e. The van der Waals surface area contributed by atoms with Crippen molar-refractivity contribution in [3.8, 4) is 0 Å². The zero-order chi connectivity index (χ0) is 50.0. The van der Waals surface area contributed by atoms with E-state index in [0.29, 0.717) is 19.3 Å². The van der Waals surface area contributed by atoms with E-state index in [0.717, 1.165) is 77.0 Å². The molecule has 0 rings (SSSR count). The molecular formula is C63H114O6. The lowest BCUT2D eigenvalue weighted by atomic mass is 10.0. The quantitative estimate of drug-likeness (QED) is 0.0262. The van der Waals surface area contributed by atoms with Crippen molar-refractivity contribution in [2.45, 2.75) is 322 Å². The summed E-state index contributed by atoms with van der Waals surface area (Å²) in [5, 5.41) is 0. The molecule has 1 atom stereocenters. The van der Waals surface area contributed by atoms with E-state index in [1.807, 2.05) is 0 Å². The van der Waals surface area contributed by atoms with E-state index in [1.165, 1.54) is 199 Å². The molecule has 0 aromatic rings. The third-order valence-corrected chi connectivity index (χ3v) is 13.3. The van der Waals surface area contributed by atoms with Crippen LogP contribution in [0.15, 0.2) is 48.6 Å². The van der Waals surface area contributed by atoms with Gasteiger partial charge in [0.25, 0.3) is 0 Å². The summed E-state index contributed by atoms with van der Waals surface area (Å²) in [5.74, 6) is -0.884. The fraction of sp³-hybridized carbons (Fsp3) is 0.825. The monoisotopic (exact) mass is 967 g/mol. The molecule has 0 aromatic carbocycles. The molecule has 6 nitrogen and oxygen atoms in total. The topological polar surface area (TPSA) is 78.9 Å². The van der Waals surface area contributed by atoms with Gasteiger partial charge in [-0.2, -0.15) is 0 Å². The smallest absolute Gasteiger partial charge is 0.306 e. The van der Waals surface area contributed by atoms with E-state index in [1.54, 1.807) is 0 Å². The van der Waals surface area contributed by atoms with Gasteiger partial charge in [0.1, 0.15) is 13.2 Å². The molecule has 0 spiro atoms. The normalized spacial score (nSPS) is 12.3. The Morgan fingerprint density at radius 3 is 0.826 bits per heavy atom. The maximum atomic E-state index is 12.8. The molecule has 0 radical (unpaired) electrons. The Kier molecular flexibility index (Phi) is 55.7. The largest absolute Gasteiger partial charge is 0.462 e. The molecule has 6 heteroatoms. The predicted molar refractivity (Wildman–Crippen MR) is 298 cm³/mol. The number of carbonyl (C=O) groups is 3. The van der Waals surface area contributed by atoms with Crippen molar-refractivity contribution in [1.29, 1.82) is 0 Å². The SMILES string of the molecule is CCCCCC/C=C\CCCCCCCC(=O)OCC(COC(=O)CCCCCCCCCCCCC/C=C\C/C=C\CCCCCCC)OC(=O)CCCCCCC/C=C\CCCCCCCC. The lowest BCUT2D eigenvalue weighted by Gasteiger charge is -2.18. The molecule has 1 unspecified atom stereocenters. The maximum absolute atomic E-state index is 12.8. The van der Waals surface area contributed by atoms with Crippen molar-refractivity contribution in [3.63, 3.8) is 0 Å². The molecule has 0 aliphatic heterocycles. The first-order valence-electron chi connectivity index (χ1n) is 30.1. The minimum absolute atomic E-state index is 0.0783. The molecule has 0 saturated heterocycles. The zero-order valence-electron chi connectivity index (χ0n) is 46.1. The van der Waals surface area contributed by atoms with Crippen molar-refractivity contribution in [1.82, 2.24) is 0 Å². The highest BCUT2D eigenvalue weighted by atomic mass is 16.6. The molecule has 0 aliphatic carbocycles. The van der Waals surface area contributed by atoms with Gasteiger partial charge in [-0.05, 0) is 103 Å². The summed E-state index contributed by atoms with van der Waals surface area (Å²) >= 11 is 0. The van der Waals surface area contributed by atoms with E-state index in [9.17, 15) is 14.4 Å². The van der Waals surface area contributed by atoms with Gasteiger partial charge in [0.15, 0.2) is 6.10 Å². The van der Waals surface area contributed by atoms with Crippen LogP contribution in [0.2, 0.25) is 0 Å². The second kappa shape index (κ2) is 57.9. The van der Waals surface area contributed by atoms with Crippen LogP contribution in [0, 0.1) is 0 Å². The predicted octanol–water partition coefficient (Wildman–Crippen LogP) is 20.2. The van der Waals surface area contributed by atoms with Crippen LogP contribution in [-0.2, 0) is 28.6 Å². The molecule has 0 bridgehead atoms. The Morgan fingerprint density at radius 1 is 0.290 bits per heavy atom. The van der Waals surface area contributed by atoms with Crippen LogP contribution >= 0.6 is 0 Å². The summed E-state index contributed by atoms with van der Waals surface area (Å²) in [4.78, 5) is 38.2. The van der Waals surface area contributed by atoms with Crippen LogP contribution in [-0.4, -0.2) is 37.2 Å². The summed E-state index contributed by atoms with van der Waals surface area (Å²) in [6, 6.07) is 0. The number of unbranched alkanes of at least 4 members (excludes halogenated alkanes) is 36. The number of allylic oxidation sites excluding steroid dienone is 8. The van der Waals surface area contributed by atoms with Crippen LogP contribution in [0.3, 0.4) is 0 Å². The second-order valence-electron chi connectivity index (χ2n) is 20.2. The molecular weight excluding hydrogens is 853 g/mol. The van der Waals surface area contributed by atoms with Crippen molar-refractivity contribution in [2.75, 3.05) is 13.2 Å². The number of ether oxygens (including phenoxy) is 3. The van der Waals surface area contributed by atoms with E-state index in [4.69, 9.17) is 14.2 Å². The van der Waals surface area contributed by atoms with Crippen molar-refractivity contribution >= 4 is 17.9 Å². The lowest BCUT2D eigenvalue weighted by molar-refractivity contribution is -0.167. The summed E-state index contributed by atoms with van der Waals surface area (Å²) in [7, 11) is 0. The van der Waals surface area contributed by atoms with Gasteiger partial charge in [0, 0.05) is 19.3 Å². The molecule has 0 fully saturated rings. The molecule has 0 aromatic heterocycles. The fourth-order valence-electron chi connectivity index (χ4n) is 8.70. The number of rotatable bonds is 55. The van der Waals surface area contributed by atoms with Gasteiger partial charge in [-0.3, -0.25) is 14.4 Å². The summed E-state index contributed by atoms with van der Waals surface area (Å²) in [6.07, 6.45) is 71.1. The Balaban J connectivity index is 4.30. The Labute approximate surface area is 428 Å². The zero-order valence-corrected chi connectivity index (χ0v) is 46.1. The van der Waals surface area contributed by atoms with Crippen molar-refractivity contribution < 1.29 is 28.6 Å². The van der Waals surface area contributed by atoms with E-state index >= 15 is 0 Å². The first-order chi connectivity index (χ1) is 34.0. The standard InChI is InChI=1S/C63H114O6/c1-4-7-10-13-16-19-22-25-27-28-29-30-31-32-33-34-36-38-41-44-47-50-53-56-62(65)68-59-60(58-67-61(64)55-52-49-46-43-40-37-24-21-18-15-12-9-6-3)69-63(66)57-54-51-48-45-42-39-35-26-23-20-17-14-11-8-5-2/h21-22,24-26,28-29,35,60H,4-20,23,27,30-34,36-59H2,1-3H3/b24-21-,25-22-,29-28-,35-26-. The average molecular weight is 968 g/mol. The number of carbonyl (C=O) groups excluding carboxylic acids is 3. The van der Waals surface area contributed by atoms with Gasteiger partial charge in [-0.1, -0.05) is 243 Å². The number of hydrogen-bond donors (Lipinski definition) is 0. The molecule has 0 saturated carbocycles. The highest BCUT2D eigenvalue weighted by Crippen LogP contribution is 2.16. The van der Waals surface area contributed by atoms with Crippen LogP contribution < -0.4 is 0 Å². The third-order valence-electron chi connectivity index (χ3n) is 13.3. The molecule has 0 aliphatic rings. The molecule has 0 heterocycles. The Bertz CT molecular complexity index is 1200. The second-order valence-corrected chi connectivity index (χ2v) is 20.2. The van der Waals surface area contributed by atoms with Crippen molar-refractivity contribution in [3.05, 3.63) is 48.6 Å². The number of hydrogen-bond acceptors (Lipinski definition) is 6. The average Bonchev–Trinajstić information content (AvgIpc) is 3.35. The highest BCUT2D eigenvalue weighted by molar-refractivity contribution is 5.71. The summed E-state index contributed by atoms with van der Waals surface area (Å²) in [5.41, 5.74) is 0. The highest BCUT2D eigenvalue weighted by Gasteiger charge is 2.19. The third kappa shape index (κ3) is 56.2. The van der Waals surface area contributed by atoms with Crippen molar-refractivity contribution in [2.24, 2.45) is 0 Å². The van der Waals surface area contributed by atoms with E-state index in [-0.39, 0.29) is 31.1 Å². The molecule has 69 heavy (non-hydrogen) atoms. The van der Waals surface area contributed by atoms with Crippen LogP contribution in [0.4, 0.5) is 0 Å². The fourth-order valence-corrected chi connectivity index (χ4v) is 8.70. The molecule has 402 valence electrons. The van der Waals surface area contributed by atoms with Gasteiger partial charge in [0.05, 0.1) is 0 Å². The van der Waals surface area contributed by atoms with E-state index < -0.39 is 6.10 Å². The Hall–Kier alpha value is -2.63. The van der Waals surface area contributed by atoms with Crippen LogP contribution in [0.5, 0.6) is 0 Å². The van der Waals surface area contributed by atoms with Gasteiger partial charge < -0.3 is 14.2 Å². The molecule has 0 amide bonds. The van der Waals surface area contributed by atoms with Gasteiger partial charge >= 0.3 is 17.9 Å². The van der Waals surface area contributed by atoms with Gasteiger partial charge in [-0.15, -0.1) is 0 Å².